The van der Waals surface area contributed by atoms with Gasteiger partial charge in [-0.05, 0) is 12.1 Å². The average molecular weight is 300 g/mol. The van der Waals surface area contributed by atoms with E-state index in [1.165, 1.54) is 19.2 Å². The molecular formula is C12H10F2N2O3S. The molecular weight excluding hydrogens is 290 g/mol. The molecule has 0 atom stereocenters. The molecule has 0 aliphatic heterocycles. The Balaban J connectivity index is 2.34. The molecule has 2 rings (SSSR count). The SMILES string of the molecule is COC(=O)c1nc(-c2cccc(OC(F)F)c2)sc1N. The van der Waals surface area contributed by atoms with Crippen LogP contribution >= 0.6 is 11.3 Å². The van der Waals surface area contributed by atoms with Gasteiger partial charge >= 0.3 is 12.6 Å². The highest BCUT2D eigenvalue weighted by molar-refractivity contribution is 7.19. The largest absolute Gasteiger partial charge is 0.464 e. The maximum Gasteiger partial charge on any atom is 0.387 e. The van der Waals surface area contributed by atoms with E-state index in [4.69, 9.17) is 5.73 Å². The number of ether oxygens (including phenoxy) is 2. The first-order valence-corrected chi connectivity index (χ1v) is 6.22. The number of rotatable bonds is 4. The van der Waals surface area contributed by atoms with Gasteiger partial charge in [0.1, 0.15) is 15.8 Å². The molecule has 2 aromatic rings. The van der Waals surface area contributed by atoms with Crippen molar-refractivity contribution in [2.24, 2.45) is 0 Å². The summed E-state index contributed by atoms with van der Waals surface area (Å²) in [5.74, 6) is -0.643. The lowest BCUT2D eigenvalue weighted by Crippen LogP contribution is -2.04. The van der Waals surface area contributed by atoms with Crippen molar-refractivity contribution < 1.29 is 23.0 Å². The van der Waals surface area contributed by atoms with Gasteiger partial charge in [0.2, 0.25) is 0 Å². The van der Waals surface area contributed by atoms with Gasteiger partial charge in [-0.15, -0.1) is 0 Å². The van der Waals surface area contributed by atoms with Crippen LogP contribution in [0.1, 0.15) is 10.5 Å². The Hall–Kier alpha value is -2.22. The van der Waals surface area contributed by atoms with E-state index in [1.807, 2.05) is 0 Å². The van der Waals surface area contributed by atoms with Gasteiger partial charge in [0, 0.05) is 5.56 Å². The predicted molar refractivity (Wildman–Crippen MR) is 69.9 cm³/mol. The fraction of sp³-hybridized carbons (Fsp3) is 0.167. The Morgan fingerprint density at radius 1 is 1.45 bits per heavy atom. The molecule has 0 spiro atoms. The van der Waals surface area contributed by atoms with E-state index in [0.717, 1.165) is 11.3 Å². The lowest BCUT2D eigenvalue weighted by molar-refractivity contribution is -0.0498. The van der Waals surface area contributed by atoms with Crippen LogP contribution in [0, 0.1) is 0 Å². The summed E-state index contributed by atoms with van der Waals surface area (Å²) >= 11 is 1.06. The zero-order valence-electron chi connectivity index (χ0n) is 10.3. The number of carbonyl (C=O) groups is 1. The number of nitrogen functional groups attached to an aromatic ring is 1. The third-order valence-corrected chi connectivity index (χ3v) is 3.27. The number of esters is 1. The molecule has 1 heterocycles. The first-order chi connectivity index (χ1) is 9.51. The Morgan fingerprint density at radius 2 is 2.20 bits per heavy atom. The second-order valence-electron chi connectivity index (χ2n) is 3.63. The molecule has 8 heteroatoms. The standard InChI is InChI=1S/C12H10F2N2O3S/c1-18-11(17)8-9(15)20-10(16-8)6-3-2-4-7(5-6)19-12(13)14/h2-5,12H,15H2,1H3. The van der Waals surface area contributed by atoms with E-state index in [0.29, 0.717) is 10.6 Å². The van der Waals surface area contributed by atoms with Crippen LogP contribution < -0.4 is 10.5 Å². The second-order valence-corrected chi connectivity index (χ2v) is 4.66. The number of hydrogen-bond donors (Lipinski definition) is 1. The molecule has 1 aromatic carbocycles. The van der Waals surface area contributed by atoms with Gasteiger partial charge in [-0.3, -0.25) is 0 Å². The minimum atomic E-state index is -2.91. The van der Waals surface area contributed by atoms with Crippen LogP contribution in [0.5, 0.6) is 5.75 Å². The summed E-state index contributed by atoms with van der Waals surface area (Å²) in [6.07, 6.45) is 0. The topological polar surface area (TPSA) is 74.4 Å². The summed E-state index contributed by atoms with van der Waals surface area (Å²) in [6, 6.07) is 5.99. The van der Waals surface area contributed by atoms with E-state index in [2.05, 4.69) is 14.5 Å². The average Bonchev–Trinajstić information content (AvgIpc) is 2.79. The highest BCUT2D eigenvalue weighted by Crippen LogP contribution is 2.32. The number of methoxy groups -OCH3 is 1. The second kappa shape index (κ2) is 5.83. The van der Waals surface area contributed by atoms with E-state index < -0.39 is 12.6 Å². The van der Waals surface area contributed by atoms with Crippen molar-refractivity contribution in [1.82, 2.24) is 4.98 Å². The Morgan fingerprint density at radius 3 is 2.85 bits per heavy atom. The lowest BCUT2D eigenvalue weighted by atomic mass is 10.2. The quantitative estimate of drug-likeness (QED) is 0.879. The number of aromatic nitrogens is 1. The number of anilines is 1. The Labute approximate surface area is 117 Å². The molecule has 106 valence electrons. The molecule has 1 aromatic heterocycles. The summed E-state index contributed by atoms with van der Waals surface area (Å²) < 4.78 is 33.2. The fourth-order valence-corrected chi connectivity index (χ4v) is 2.32. The van der Waals surface area contributed by atoms with Crippen molar-refractivity contribution in [1.29, 1.82) is 0 Å². The van der Waals surface area contributed by atoms with Crippen molar-refractivity contribution in [3.05, 3.63) is 30.0 Å². The van der Waals surface area contributed by atoms with E-state index >= 15 is 0 Å². The summed E-state index contributed by atoms with van der Waals surface area (Å²) in [5.41, 5.74) is 6.21. The lowest BCUT2D eigenvalue weighted by Gasteiger charge is -2.04. The van der Waals surface area contributed by atoms with Gasteiger partial charge < -0.3 is 15.2 Å². The van der Waals surface area contributed by atoms with E-state index in [9.17, 15) is 13.6 Å². The number of halogens is 2. The summed E-state index contributed by atoms with van der Waals surface area (Å²) in [5, 5.41) is 0.620. The zero-order chi connectivity index (χ0) is 14.7. The number of alkyl halides is 2. The van der Waals surface area contributed by atoms with Crippen molar-refractivity contribution in [3.8, 4) is 16.3 Å². The van der Waals surface area contributed by atoms with Crippen molar-refractivity contribution in [3.63, 3.8) is 0 Å². The maximum atomic E-state index is 12.2. The highest BCUT2D eigenvalue weighted by Gasteiger charge is 2.18. The fourth-order valence-electron chi connectivity index (χ4n) is 1.50. The molecule has 5 nitrogen and oxygen atoms in total. The molecule has 0 fully saturated rings. The van der Waals surface area contributed by atoms with Crippen LogP contribution in [0.4, 0.5) is 13.8 Å². The maximum absolute atomic E-state index is 12.2. The summed E-state index contributed by atoms with van der Waals surface area (Å²) in [7, 11) is 1.22. The van der Waals surface area contributed by atoms with Gasteiger partial charge in [-0.25, -0.2) is 9.78 Å². The van der Waals surface area contributed by atoms with Crippen molar-refractivity contribution in [2.75, 3.05) is 12.8 Å². The van der Waals surface area contributed by atoms with Crippen molar-refractivity contribution in [2.45, 2.75) is 6.61 Å². The van der Waals surface area contributed by atoms with Crippen LogP contribution in [0.2, 0.25) is 0 Å². The summed E-state index contributed by atoms with van der Waals surface area (Å²) in [6.45, 7) is -2.91. The number of nitrogens with two attached hydrogens (primary N) is 1. The first kappa shape index (κ1) is 14.2. The van der Waals surface area contributed by atoms with Crippen LogP contribution in [0.15, 0.2) is 24.3 Å². The zero-order valence-corrected chi connectivity index (χ0v) is 11.1. The summed E-state index contributed by atoms with van der Waals surface area (Å²) in [4.78, 5) is 15.5. The van der Waals surface area contributed by atoms with Gasteiger partial charge in [0.15, 0.2) is 5.69 Å². The van der Waals surface area contributed by atoms with E-state index in [1.54, 1.807) is 12.1 Å². The third kappa shape index (κ3) is 3.02. The molecule has 0 aliphatic rings. The molecule has 0 amide bonds. The van der Waals surface area contributed by atoms with Crippen LogP contribution in [0.3, 0.4) is 0 Å². The molecule has 0 aliphatic carbocycles. The minimum absolute atomic E-state index is 0.00545. The normalized spacial score (nSPS) is 10.6. The van der Waals surface area contributed by atoms with Gasteiger partial charge in [0.25, 0.3) is 0 Å². The highest BCUT2D eigenvalue weighted by atomic mass is 32.1. The number of carbonyl (C=O) groups excluding carboxylic acids is 1. The van der Waals surface area contributed by atoms with Crippen LogP contribution in [-0.2, 0) is 4.74 Å². The molecule has 2 N–H and O–H groups in total. The molecule has 0 radical (unpaired) electrons. The molecule has 20 heavy (non-hydrogen) atoms. The molecule has 0 unspecified atom stereocenters. The van der Waals surface area contributed by atoms with Gasteiger partial charge in [-0.2, -0.15) is 8.78 Å². The monoisotopic (exact) mass is 300 g/mol. The number of hydrogen-bond acceptors (Lipinski definition) is 6. The van der Waals surface area contributed by atoms with Gasteiger partial charge in [-0.1, -0.05) is 23.5 Å². The van der Waals surface area contributed by atoms with Crippen molar-refractivity contribution >= 4 is 22.3 Å². The number of benzene rings is 1. The molecule has 0 saturated heterocycles. The molecule has 0 bridgehead atoms. The van der Waals surface area contributed by atoms with Crippen LogP contribution in [-0.4, -0.2) is 24.7 Å². The van der Waals surface area contributed by atoms with E-state index in [-0.39, 0.29) is 16.4 Å². The first-order valence-electron chi connectivity index (χ1n) is 5.41. The Bertz CT molecular complexity index is 631. The number of nitrogens with zero attached hydrogens (tertiary/aromatic N) is 1. The smallest absolute Gasteiger partial charge is 0.387 e. The number of thiazole rings is 1. The molecule has 0 saturated carbocycles. The minimum Gasteiger partial charge on any atom is -0.464 e. The predicted octanol–water partition coefficient (Wildman–Crippen LogP) is 2.78. The van der Waals surface area contributed by atoms with Gasteiger partial charge in [0.05, 0.1) is 7.11 Å². The third-order valence-electron chi connectivity index (χ3n) is 2.34. The Kier molecular flexibility index (Phi) is 4.14. The van der Waals surface area contributed by atoms with Crippen LogP contribution in [0.25, 0.3) is 10.6 Å².